The Kier molecular flexibility index (Phi) is 5.53. The van der Waals surface area contributed by atoms with E-state index >= 15 is 0 Å². The number of rotatable bonds is 4. The molecule has 0 bridgehead atoms. The number of hydrogen-bond donors (Lipinski definition) is 2. The van der Waals surface area contributed by atoms with Gasteiger partial charge in [0.2, 0.25) is 5.91 Å². The van der Waals surface area contributed by atoms with E-state index in [0.717, 1.165) is 32.7 Å². The maximum atomic E-state index is 12.3. The lowest BCUT2D eigenvalue weighted by Crippen LogP contribution is -2.64. The van der Waals surface area contributed by atoms with Crippen molar-refractivity contribution in [3.63, 3.8) is 0 Å². The van der Waals surface area contributed by atoms with Gasteiger partial charge in [-0.3, -0.25) is 19.9 Å². The second kappa shape index (κ2) is 8.21. The van der Waals surface area contributed by atoms with Gasteiger partial charge >= 0.3 is 0 Å². The fourth-order valence-corrected chi connectivity index (χ4v) is 4.08. The molecule has 2 aliphatic rings. The van der Waals surface area contributed by atoms with E-state index in [1.807, 2.05) is 12.1 Å². The molecule has 2 heterocycles. The Bertz CT molecular complexity index is 771. The Balaban J connectivity index is 1.36. The van der Waals surface area contributed by atoms with Crippen molar-refractivity contribution in [1.29, 1.82) is 0 Å². The first-order valence-corrected chi connectivity index (χ1v) is 9.80. The standard InChI is InChI=1S/C22H28N4O/c1-17-7-5-6-10-19(17)20-15-21(27)24-22(23-20)26-13-11-25(12-14-26)16-18-8-3-2-4-9-18/h2-10,20,22-23H,11-16H2,1H3,(H,24,27). The van der Waals surface area contributed by atoms with Gasteiger partial charge in [-0.2, -0.15) is 0 Å². The lowest BCUT2D eigenvalue weighted by molar-refractivity contribution is -0.127. The minimum absolute atomic E-state index is 0.0762. The minimum atomic E-state index is -0.0882. The van der Waals surface area contributed by atoms with Gasteiger partial charge in [-0.15, -0.1) is 0 Å². The van der Waals surface area contributed by atoms with E-state index in [0.29, 0.717) is 6.42 Å². The second-order valence-corrected chi connectivity index (χ2v) is 7.55. The van der Waals surface area contributed by atoms with Crippen LogP contribution in [0.25, 0.3) is 0 Å². The van der Waals surface area contributed by atoms with Crippen LogP contribution in [0.3, 0.4) is 0 Å². The van der Waals surface area contributed by atoms with E-state index in [-0.39, 0.29) is 18.2 Å². The molecule has 2 N–H and O–H groups in total. The van der Waals surface area contributed by atoms with Gasteiger partial charge in [-0.05, 0) is 23.6 Å². The molecule has 2 aliphatic heterocycles. The molecule has 2 aromatic rings. The van der Waals surface area contributed by atoms with Gasteiger partial charge in [0.15, 0.2) is 0 Å². The van der Waals surface area contributed by atoms with Crippen molar-refractivity contribution in [2.24, 2.45) is 0 Å². The van der Waals surface area contributed by atoms with Crippen LogP contribution in [0.4, 0.5) is 0 Å². The minimum Gasteiger partial charge on any atom is -0.328 e. The number of amides is 1. The van der Waals surface area contributed by atoms with Crippen molar-refractivity contribution in [2.45, 2.75) is 32.2 Å². The highest BCUT2D eigenvalue weighted by molar-refractivity contribution is 5.78. The molecule has 0 radical (unpaired) electrons. The van der Waals surface area contributed by atoms with Crippen molar-refractivity contribution in [3.05, 3.63) is 71.3 Å². The summed E-state index contributed by atoms with van der Waals surface area (Å²) in [7, 11) is 0. The summed E-state index contributed by atoms with van der Waals surface area (Å²) in [6, 6.07) is 19.0. The van der Waals surface area contributed by atoms with E-state index in [9.17, 15) is 4.79 Å². The molecule has 0 aliphatic carbocycles. The van der Waals surface area contributed by atoms with E-state index in [4.69, 9.17) is 0 Å². The van der Waals surface area contributed by atoms with Crippen molar-refractivity contribution in [3.8, 4) is 0 Å². The Morgan fingerprint density at radius 3 is 2.41 bits per heavy atom. The molecule has 0 saturated carbocycles. The second-order valence-electron chi connectivity index (χ2n) is 7.55. The Morgan fingerprint density at radius 2 is 1.67 bits per heavy atom. The Labute approximate surface area is 161 Å². The molecule has 27 heavy (non-hydrogen) atoms. The number of hydrogen-bond acceptors (Lipinski definition) is 4. The van der Waals surface area contributed by atoms with Gasteiger partial charge in [0.25, 0.3) is 0 Å². The summed E-state index contributed by atoms with van der Waals surface area (Å²) in [4.78, 5) is 17.2. The maximum absolute atomic E-state index is 12.3. The summed E-state index contributed by atoms with van der Waals surface area (Å²) in [6.07, 6.45) is 0.407. The van der Waals surface area contributed by atoms with Gasteiger partial charge in [-0.1, -0.05) is 54.6 Å². The number of nitrogens with one attached hydrogen (secondary N) is 2. The van der Waals surface area contributed by atoms with Crippen LogP contribution in [-0.2, 0) is 11.3 Å². The molecule has 2 saturated heterocycles. The number of benzene rings is 2. The van der Waals surface area contributed by atoms with Crippen molar-refractivity contribution < 1.29 is 4.79 Å². The lowest BCUT2D eigenvalue weighted by Gasteiger charge is -2.43. The average molecular weight is 364 g/mol. The molecule has 5 heteroatoms. The molecule has 2 unspecified atom stereocenters. The predicted octanol–water partition coefficient (Wildman–Crippen LogP) is 2.25. The smallest absolute Gasteiger partial charge is 0.224 e. The van der Waals surface area contributed by atoms with Crippen molar-refractivity contribution in [2.75, 3.05) is 26.2 Å². The first kappa shape index (κ1) is 18.2. The fourth-order valence-electron chi connectivity index (χ4n) is 4.08. The van der Waals surface area contributed by atoms with E-state index < -0.39 is 0 Å². The molecule has 5 nitrogen and oxygen atoms in total. The SMILES string of the molecule is Cc1ccccc1C1CC(=O)NC(N2CCN(Cc3ccccc3)CC2)N1. The molecule has 4 rings (SSSR count). The molecule has 0 aromatic heterocycles. The summed E-state index contributed by atoms with van der Waals surface area (Å²) in [5.74, 6) is 0.124. The molecule has 142 valence electrons. The highest BCUT2D eigenvalue weighted by Gasteiger charge is 2.32. The largest absolute Gasteiger partial charge is 0.328 e. The Hall–Kier alpha value is -2.21. The molecule has 2 aromatic carbocycles. The highest BCUT2D eigenvalue weighted by atomic mass is 16.2. The molecular formula is C22H28N4O. The number of nitrogens with zero attached hydrogens (tertiary/aromatic N) is 2. The monoisotopic (exact) mass is 364 g/mol. The number of carbonyl (C=O) groups is 1. The average Bonchev–Trinajstić information content (AvgIpc) is 2.69. The normalized spacial score (nSPS) is 24.6. The summed E-state index contributed by atoms with van der Waals surface area (Å²) < 4.78 is 0. The van der Waals surface area contributed by atoms with Crippen LogP contribution in [0.15, 0.2) is 54.6 Å². The first-order valence-electron chi connectivity index (χ1n) is 9.80. The zero-order chi connectivity index (χ0) is 18.6. The van der Waals surface area contributed by atoms with Crippen molar-refractivity contribution in [1.82, 2.24) is 20.4 Å². The van der Waals surface area contributed by atoms with Gasteiger partial charge in [0.1, 0.15) is 6.29 Å². The quantitative estimate of drug-likeness (QED) is 0.874. The highest BCUT2D eigenvalue weighted by Crippen LogP contribution is 2.24. The van der Waals surface area contributed by atoms with Crippen LogP contribution in [0, 0.1) is 6.92 Å². The van der Waals surface area contributed by atoms with Crippen LogP contribution in [0.2, 0.25) is 0 Å². The van der Waals surface area contributed by atoms with Crippen LogP contribution in [0.5, 0.6) is 0 Å². The third-order valence-corrected chi connectivity index (χ3v) is 5.63. The number of piperazine rings is 1. The lowest BCUT2D eigenvalue weighted by atomic mass is 9.97. The number of aryl methyl sites for hydroxylation is 1. The van der Waals surface area contributed by atoms with E-state index in [2.05, 4.69) is 69.8 Å². The van der Waals surface area contributed by atoms with Gasteiger partial charge in [0.05, 0.1) is 0 Å². The predicted molar refractivity (Wildman–Crippen MR) is 107 cm³/mol. The topological polar surface area (TPSA) is 47.6 Å². The molecule has 2 fully saturated rings. The number of carbonyl (C=O) groups excluding carboxylic acids is 1. The van der Waals surface area contributed by atoms with Gasteiger partial charge in [0, 0.05) is 45.2 Å². The Morgan fingerprint density at radius 1 is 0.963 bits per heavy atom. The van der Waals surface area contributed by atoms with E-state index in [1.54, 1.807) is 0 Å². The third kappa shape index (κ3) is 4.38. The van der Waals surface area contributed by atoms with Gasteiger partial charge < -0.3 is 5.32 Å². The van der Waals surface area contributed by atoms with E-state index in [1.165, 1.54) is 16.7 Å². The molecule has 0 spiro atoms. The van der Waals surface area contributed by atoms with Crippen LogP contribution >= 0.6 is 0 Å². The molecule has 1 amide bonds. The summed E-state index contributed by atoms with van der Waals surface area (Å²) in [6.45, 7) is 7.03. The zero-order valence-corrected chi connectivity index (χ0v) is 15.9. The molecular weight excluding hydrogens is 336 g/mol. The van der Waals surface area contributed by atoms with Gasteiger partial charge in [-0.25, -0.2) is 0 Å². The van der Waals surface area contributed by atoms with Crippen LogP contribution < -0.4 is 10.6 Å². The molecule has 2 atom stereocenters. The van der Waals surface area contributed by atoms with Crippen LogP contribution in [-0.4, -0.2) is 48.2 Å². The summed E-state index contributed by atoms with van der Waals surface area (Å²) in [5.41, 5.74) is 3.81. The fraction of sp³-hybridized carbons (Fsp3) is 0.409. The summed E-state index contributed by atoms with van der Waals surface area (Å²) >= 11 is 0. The summed E-state index contributed by atoms with van der Waals surface area (Å²) in [5, 5.41) is 6.78. The first-order chi connectivity index (χ1) is 13.2. The zero-order valence-electron chi connectivity index (χ0n) is 15.9. The van der Waals surface area contributed by atoms with Crippen LogP contribution in [0.1, 0.15) is 29.2 Å². The third-order valence-electron chi connectivity index (χ3n) is 5.63. The van der Waals surface area contributed by atoms with Crippen molar-refractivity contribution >= 4 is 5.91 Å². The maximum Gasteiger partial charge on any atom is 0.224 e.